The van der Waals surface area contributed by atoms with Gasteiger partial charge in [-0.1, -0.05) is 40.0 Å². The van der Waals surface area contributed by atoms with Crippen molar-refractivity contribution in [1.29, 1.82) is 0 Å². The molecule has 1 aliphatic carbocycles. The van der Waals surface area contributed by atoms with Crippen LogP contribution in [0.25, 0.3) is 0 Å². The molecule has 2 bridgehead atoms. The minimum atomic E-state index is 0.134. The van der Waals surface area contributed by atoms with Gasteiger partial charge in [-0.3, -0.25) is 9.69 Å². The van der Waals surface area contributed by atoms with Crippen molar-refractivity contribution in [3.05, 3.63) is 33.5 Å². The number of piperidine rings is 1. The Morgan fingerprint density at radius 1 is 1.06 bits per heavy atom. The number of carbonyl (C=O) groups is 1. The van der Waals surface area contributed by atoms with Gasteiger partial charge in [0.15, 0.2) is 0 Å². The minimum Gasteiger partial charge on any atom is -0.348 e. The molecule has 1 amide bonds. The van der Waals surface area contributed by atoms with Gasteiger partial charge in [0.2, 0.25) is 5.91 Å². The van der Waals surface area contributed by atoms with E-state index < -0.39 is 0 Å². The number of thiophene rings is 1. The number of nitrogens with one attached hydrogen (secondary N) is 1. The lowest BCUT2D eigenvalue weighted by atomic mass is 9.88. The Hall–Kier alpha value is -1.73. The minimum absolute atomic E-state index is 0.134. The molecule has 36 heavy (non-hydrogen) atoms. The molecule has 7 heteroatoms. The predicted octanol–water partition coefficient (Wildman–Crippen LogP) is 6.33. The molecule has 2 aromatic heterocycles. The zero-order valence-corrected chi connectivity index (χ0v) is 23.5. The summed E-state index contributed by atoms with van der Waals surface area (Å²) in [6, 6.07) is 6.41. The zero-order chi connectivity index (χ0) is 25.2. The molecule has 2 aliphatic heterocycles. The second-order valence-corrected chi connectivity index (χ2v) is 12.9. The summed E-state index contributed by atoms with van der Waals surface area (Å²) in [7, 11) is 0. The van der Waals surface area contributed by atoms with E-state index >= 15 is 0 Å². The van der Waals surface area contributed by atoms with Crippen LogP contribution in [0.3, 0.4) is 0 Å². The van der Waals surface area contributed by atoms with Crippen molar-refractivity contribution in [1.82, 2.24) is 25.0 Å². The molecule has 0 spiro atoms. The first-order chi connectivity index (χ1) is 17.4. The highest BCUT2D eigenvalue weighted by Crippen LogP contribution is 2.42. The molecule has 0 aromatic carbocycles. The second-order valence-electron chi connectivity index (χ2n) is 11.7. The van der Waals surface area contributed by atoms with Crippen LogP contribution in [0.4, 0.5) is 0 Å². The average Bonchev–Trinajstić information content (AvgIpc) is 3.58. The summed E-state index contributed by atoms with van der Waals surface area (Å²) in [5.41, 5.74) is 0. The molecule has 6 nitrogen and oxygen atoms in total. The average molecular weight is 512 g/mol. The van der Waals surface area contributed by atoms with E-state index in [4.69, 9.17) is 0 Å². The van der Waals surface area contributed by atoms with Crippen molar-refractivity contribution in [2.45, 2.75) is 128 Å². The molecule has 4 atom stereocenters. The van der Waals surface area contributed by atoms with Gasteiger partial charge in [0.25, 0.3) is 0 Å². The van der Waals surface area contributed by atoms with Crippen LogP contribution in [-0.2, 0) is 11.2 Å². The summed E-state index contributed by atoms with van der Waals surface area (Å²) < 4.78 is 2.44. The fourth-order valence-electron chi connectivity index (χ4n) is 7.04. The molecule has 2 aromatic rings. The highest BCUT2D eigenvalue weighted by atomic mass is 32.1. The lowest BCUT2D eigenvalue weighted by molar-refractivity contribution is -0.126. The molecule has 4 heterocycles. The van der Waals surface area contributed by atoms with Gasteiger partial charge < -0.3 is 9.88 Å². The Kier molecular flexibility index (Phi) is 8.16. The number of aryl methyl sites for hydroxylation is 2. The molecule has 5 rings (SSSR count). The molecule has 2 saturated heterocycles. The quantitative estimate of drug-likeness (QED) is 0.427. The second kappa shape index (κ2) is 11.3. The summed E-state index contributed by atoms with van der Waals surface area (Å²) >= 11 is 1.89. The van der Waals surface area contributed by atoms with Crippen LogP contribution in [-0.4, -0.2) is 44.2 Å². The number of hydrogen-bond acceptors (Lipinski definition) is 5. The third-order valence-electron chi connectivity index (χ3n) is 8.98. The zero-order valence-electron chi connectivity index (χ0n) is 22.7. The number of nitrogens with zero attached hydrogens (tertiary/aromatic N) is 4. The van der Waals surface area contributed by atoms with Crippen molar-refractivity contribution < 1.29 is 4.79 Å². The lowest BCUT2D eigenvalue weighted by Crippen LogP contribution is -2.45. The van der Waals surface area contributed by atoms with E-state index in [9.17, 15) is 4.79 Å². The maximum absolute atomic E-state index is 13.2. The van der Waals surface area contributed by atoms with Crippen molar-refractivity contribution in [3.63, 3.8) is 0 Å². The highest BCUT2D eigenvalue weighted by Gasteiger charge is 2.42. The third-order valence-corrected chi connectivity index (χ3v) is 10.3. The summed E-state index contributed by atoms with van der Waals surface area (Å²) in [6.07, 6.45) is 12.8. The molecule has 0 radical (unpaired) electrons. The fraction of sp³-hybridized carbons (Fsp3) is 0.759. The molecule has 1 saturated carbocycles. The Labute approximate surface area is 221 Å². The Bertz CT molecular complexity index is 1010. The van der Waals surface area contributed by atoms with Crippen LogP contribution in [0.2, 0.25) is 0 Å². The molecule has 0 unspecified atom stereocenters. The van der Waals surface area contributed by atoms with Crippen LogP contribution in [0.5, 0.6) is 0 Å². The first-order valence-electron chi connectivity index (χ1n) is 14.5. The van der Waals surface area contributed by atoms with Gasteiger partial charge >= 0.3 is 0 Å². The molecular weight excluding hydrogens is 466 g/mol. The first kappa shape index (κ1) is 25.9. The molecular formula is C29H45N5OS. The van der Waals surface area contributed by atoms with Crippen LogP contribution in [0.1, 0.15) is 124 Å². The number of rotatable bonds is 9. The summed E-state index contributed by atoms with van der Waals surface area (Å²) in [5, 5.41) is 12.5. The standard InChI is InChI=1S/C29H45N5OS/c1-5-25-13-14-27(36-25)26(30-29(35)21-9-7-6-8-10-21)15-16-33-22-11-12-23(33)18-24(17-22)34-20(4)31-32-28(34)19(2)3/h13-14,19,21-24,26H,5-12,15-18H2,1-4H3,(H,30,35)/t22-,23+,24-,26-/m0/s1. The van der Waals surface area contributed by atoms with Crippen LogP contribution >= 0.6 is 11.3 Å². The SMILES string of the molecule is CCc1ccc([C@H](CCN2[C@@H]3CC[C@H]2C[C@H](n2c(C)nnc2C(C)C)C3)NC(=O)C2CCCCC2)s1. The topological polar surface area (TPSA) is 63.1 Å². The molecule has 198 valence electrons. The normalized spacial score (nSPS) is 26.0. The number of amides is 1. The van der Waals surface area contributed by atoms with Crippen LogP contribution in [0.15, 0.2) is 12.1 Å². The van der Waals surface area contributed by atoms with Gasteiger partial charge in [0, 0.05) is 46.3 Å². The Morgan fingerprint density at radius 2 is 1.78 bits per heavy atom. The molecule has 1 N–H and O–H groups in total. The van der Waals surface area contributed by atoms with Crippen LogP contribution in [0, 0.1) is 12.8 Å². The monoisotopic (exact) mass is 511 g/mol. The van der Waals surface area contributed by atoms with E-state index in [1.165, 1.54) is 54.7 Å². The highest BCUT2D eigenvalue weighted by molar-refractivity contribution is 7.12. The Morgan fingerprint density at radius 3 is 2.42 bits per heavy atom. The molecule has 3 aliphatic rings. The van der Waals surface area contributed by atoms with E-state index in [0.29, 0.717) is 24.0 Å². The van der Waals surface area contributed by atoms with E-state index in [0.717, 1.165) is 43.9 Å². The van der Waals surface area contributed by atoms with E-state index in [1.54, 1.807) is 0 Å². The first-order valence-corrected chi connectivity index (χ1v) is 15.3. The summed E-state index contributed by atoms with van der Waals surface area (Å²) in [5.74, 6) is 3.10. The maximum atomic E-state index is 13.2. The van der Waals surface area contributed by atoms with E-state index in [2.05, 4.69) is 64.8 Å². The van der Waals surface area contributed by atoms with Crippen molar-refractivity contribution in [2.75, 3.05) is 6.54 Å². The van der Waals surface area contributed by atoms with Crippen molar-refractivity contribution in [2.24, 2.45) is 5.92 Å². The number of hydrogen-bond donors (Lipinski definition) is 1. The van der Waals surface area contributed by atoms with E-state index in [1.807, 2.05) is 11.3 Å². The maximum Gasteiger partial charge on any atom is 0.223 e. The predicted molar refractivity (Wildman–Crippen MR) is 146 cm³/mol. The summed E-state index contributed by atoms with van der Waals surface area (Å²) in [6.45, 7) is 9.84. The number of fused-ring (bicyclic) bond motifs is 2. The van der Waals surface area contributed by atoms with Gasteiger partial charge in [-0.25, -0.2) is 0 Å². The van der Waals surface area contributed by atoms with Gasteiger partial charge in [-0.15, -0.1) is 21.5 Å². The van der Waals surface area contributed by atoms with Crippen LogP contribution < -0.4 is 5.32 Å². The van der Waals surface area contributed by atoms with Crippen molar-refractivity contribution in [3.8, 4) is 0 Å². The van der Waals surface area contributed by atoms with E-state index in [-0.39, 0.29) is 17.9 Å². The van der Waals surface area contributed by atoms with Gasteiger partial charge in [0.05, 0.1) is 6.04 Å². The largest absolute Gasteiger partial charge is 0.348 e. The third kappa shape index (κ3) is 5.42. The number of aromatic nitrogens is 3. The lowest BCUT2D eigenvalue weighted by Gasteiger charge is -2.40. The van der Waals surface area contributed by atoms with Gasteiger partial charge in [-0.05, 0) is 70.4 Å². The fourth-order valence-corrected chi connectivity index (χ4v) is 8.08. The van der Waals surface area contributed by atoms with Gasteiger partial charge in [-0.2, -0.15) is 0 Å². The summed E-state index contributed by atoms with van der Waals surface area (Å²) in [4.78, 5) is 18.7. The van der Waals surface area contributed by atoms with Gasteiger partial charge in [0.1, 0.15) is 11.6 Å². The molecule has 3 fully saturated rings. The number of carbonyl (C=O) groups excluding carboxylic acids is 1. The smallest absolute Gasteiger partial charge is 0.223 e. The Balaban J connectivity index is 1.26. The van der Waals surface area contributed by atoms with Crippen molar-refractivity contribution >= 4 is 17.2 Å².